The molecule has 0 saturated heterocycles. The molecule has 1 fully saturated rings. The molecule has 2 aliphatic rings. The number of rotatable bonds is 6. The molecule has 3 aromatic rings. The van der Waals surface area contributed by atoms with Gasteiger partial charge in [0.25, 0.3) is 5.91 Å². The molecule has 3 heterocycles. The highest BCUT2D eigenvalue weighted by Crippen LogP contribution is 2.34. The zero-order valence-electron chi connectivity index (χ0n) is 20.0. The molecule has 1 atom stereocenters. The molecule has 1 N–H and O–H groups in total. The SMILES string of the molecule is CC1CCC(NC(=O)[C@@]2(C)Cn3c(ccc3-c3ccco3)C(=O)N2CCc2ccccc2)CC1. The minimum absolute atomic E-state index is 0.0711. The van der Waals surface area contributed by atoms with Gasteiger partial charge in [-0.25, -0.2) is 0 Å². The van der Waals surface area contributed by atoms with E-state index in [4.69, 9.17) is 4.42 Å². The van der Waals surface area contributed by atoms with E-state index in [-0.39, 0.29) is 17.9 Å². The highest BCUT2D eigenvalue weighted by molar-refractivity contribution is 6.00. The van der Waals surface area contributed by atoms with E-state index in [1.807, 2.05) is 54.0 Å². The van der Waals surface area contributed by atoms with Gasteiger partial charge in [-0.15, -0.1) is 0 Å². The van der Waals surface area contributed by atoms with Gasteiger partial charge in [0, 0.05) is 12.6 Å². The standard InChI is InChI=1S/C28H33N3O3/c1-20-10-12-22(13-11-20)29-27(33)28(2)19-30-23(25-9-6-18-34-25)14-15-24(30)26(32)31(28)17-16-21-7-4-3-5-8-21/h3-9,14-15,18,20,22H,10-13,16-17,19H2,1-2H3,(H,29,33)/t20?,22?,28-/m1/s1. The number of hydrogen-bond acceptors (Lipinski definition) is 3. The molecule has 34 heavy (non-hydrogen) atoms. The quantitative estimate of drug-likeness (QED) is 0.570. The van der Waals surface area contributed by atoms with Gasteiger partial charge >= 0.3 is 0 Å². The van der Waals surface area contributed by atoms with Crippen LogP contribution in [0.3, 0.4) is 0 Å². The van der Waals surface area contributed by atoms with Crippen LogP contribution in [-0.2, 0) is 17.8 Å². The Morgan fingerprint density at radius 2 is 1.76 bits per heavy atom. The molecule has 5 rings (SSSR count). The second-order valence-corrected chi connectivity index (χ2v) is 10.1. The van der Waals surface area contributed by atoms with Crippen molar-refractivity contribution >= 4 is 11.8 Å². The van der Waals surface area contributed by atoms with Crippen LogP contribution in [0.15, 0.2) is 65.3 Å². The van der Waals surface area contributed by atoms with E-state index in [0.717, 1.165) is 36.9 Å². The number of nitrogens with zero attached hydrogens (tertiary/aromatic N) is 2. The molecule has 2 amide bonds. The lowest BCUT2D eigenvalue weighted by molar-refractivity contribution is -0.133. The number of benzene rings is 1. The third-order valence-corrected chi connectivity index (χ3v) is 7.59. The van der Waals surface area contributed by atoms with Crippen LogP contribution in [0.4, 0.5) is 0 Å². The molecule has 1 aliphatic heterocycles. The maximum atomic E-state index is 13.8. The first-order valence-electron chi connectivity index (χ1n) is 12.4. The fraction of sp³-hybridized carbons (Fsp3) is 0.429. The molecular formula is C28H33N3O3. The smallest absolute Gasteiger partial charge is 0.271 e. The monoisotopic (exact) mass is 459 g/mol. The molecule has 0 radical (unpaired) electrons. The second-order valence-electron chi connectivity index (χ2n) is 10.1. The summed E-state index contributed by atoms with van der Waals surface area (Å²) in [6, 6.07) is 17.8. The predicted molar refractivity (Wildman–Crippen MR) is 131 cm³/mol. The average molecular weight is 460 g/mol. The normalized spacial score (nSPS) is 24.6. The third-order valence-electron chi connectivity index (χ3n) is 7.59. The van der Waals surface area contributed by atoms with Crippen LogP contribution in [0, 0.1) is 5.92 Å². The van der Waals surface area contributed by atoms with Crippen LogP contribution < -0.4 is 5.32 Å². The summed E-state index contributed by atoms with van der Waals surface area (Å²) < 4.78 is 7.57. The van der Waals surface area contributed by atoms with Crippen molar-refractivity contribution in [3.63, 3.8) is 0 Å². The van der Waals surface area contributed by atoms with Crippen molar-refractivity contribution in [2.45, 2.75) is 64.1 Å². The zero-order chi connectivity index (χ0) is 23.7. The Morgan fingerprint density at radius 3 is 2.47 bits per heavy atom. The van der Waals surface area contributed by atoms with Gasteiger partial charge in [0.05, 0.1) is 18.5 Å². The third kappa shape index (κ3) is 4.17. The van der Waals surface area contributed by atoms with Crippen molar-refractivity contribution in [3.8, 4) is 11.5 Å². The number of fused-ring (bicyclic) bond motifs is 1. The number of hydrogen-bond donors (Lipinski definition) is 1. The van der Waals surface area contributed by atoms with Crippen molar-refractivity contribution in [2.24, 2.45) is 5.92 Å². The number of aromatic nitrogens is 1. The van der Waals surface area contributed by atoms with Gasteiger partial charge in [0.2, 0.25) is 5.91 Å². The first-order valence-corrected chi connectivity index (χ1v) is 12.4. The maximum absolute atomic E-state index is 13.8. The summed E-state index contributed by atoms with van der Waals surface area (Å²) in [6.45, 7) is 5.05. The van der Waals surface area contributed by atoms with Gasteiger partial charge in [-0.3, -0.25) is 9.59 Å². The first-order chi connectivity index (χ1) is 16.5. The van der Waals surface area contributed by atoms with Crippen molar-refractivity contribution in [3.05, 3.63) is 72.1 Å². The Kier molecular flexibility index (Phi) is 6.07. The molecule has 0 spiro atoms. The van der Waals surface area contributed by atoms with Gasteiger partial charge in [-0.2, -0.15) is 0 Å². The average Bonchev–Trinajstić information content (AvgIpc) is 3.51. The molecule has 6 nitrogen and oxygen atoms in total. The van der Waals surface area contributed by atoms with Crippen LogP contribution in [0.1, 0.15) is 55.6 Å². The number of nitrogens with one attached hydrogen (secondary N) is 1. The van der Waals surface area contributed by atoms with Crippen LogP contribution >= 0.6 is 0 Å². The lowest BCUT2D eigenvalue weighted by Gasteiger charge is -2.45. The summed E-state index contributed by atoms with van der Waals surface area (Å²) >= 11 is 0. The van der Waals surface area contributed by atoms with Gasteiger partial charge < -0.3 is 19.2 Å². The number of furan rings is 1. The van der Waals surface area contributed by atoms with E-state index in [9.17, 15) is 9.59 Å². The summed E-state index contributed by atoms with van der Waals surface area (Å²) in [6.07, 6.45) is 6.57. The number of carbonyl (C=O) groups excluding carboxylic acids is 2. The summed E-state index contributed by atoms with van der Waals surface area (Å²) in [7, 11) is 0. The molecule has 6 heteroatoms. The van der Waals surface area contributed by atoms with E-state index < -0.39 is 5.54 Å². The fourth-order valence-electron chi connectivity index (χ4n) is 5.39. The lowest BCUT2D eigenvalue weighted by atomic mass is 9.86. The minimum atomic E-state index is -0.998. The zero-order valence-corrected chi connectivity index (χ0v) is 20.0. The first kappa shape index (κ1) is 22.5. The molecule has 1 aromatic carbocycles. The van der Waals surface area contributed by atoms with E-state index in [1.165, 1.54) is 0 Å². The van der Waals surface area contributed by atoms with Crippen molar-refractivity contribution in [1.29, 1.82) is 0 Å². The summed E-state index contributed by atoms with van der Waals surface area (Å²) in [5.41, 5.74) is 1.57. The minimum Gasteiger partial charge on any atom is -0.463 e. The molecule has 0 bridgehead atoms. The summed E-state index contributed by atoms with van der Waals surface area (Å²) in [4.78, 5) is 29.4. The van der Waals surface area contributed by atoms with Crippen molar-refractivity contribution < 1.29 is 14.0 Å². The number of carbonyl (C=O) groups is 2. The van der Waals surface area contributed by atoms with Crippen LogP contribution in [-0.4, -0.2) is 39.4 Å². The summed E-state index contributed by atoms with van der Waals surface area (Å²) in [5.74, 6) is 1.22. The largest absolute Gasteiger partial charge is 0.463 e. The van der Waals surface area contributed by atoms with Gasteiger partial charge in [0.1, 0.15) is 17.0 Å². The fourth-order valence-corrected chi connectivity index (χ4v) is 5.39. The predicted octanol–water partition coefficient (Wildman–Crippen LogP) is 4.90. The van der Waals surface area contributed by atoms with E-state index in [2.05, 4.69) is 24.4 Å². The second kappa shape index (κ2) is 9.16. The van der Waals surface area contributed by atoms with E-state index >= 15 is 0 Å². The Morgan fingerprint density at radius 1 is 1.03 bits per heavy atom. The van der Waals surface area contributed by atoms with Crippen LogP contribution in [0.5, 0.6) is 0 Å². The Bertz CT molecular complexity index is 1140. The Labute approximate surface area is 200 Å². The molecular weight excluding hydrogens is 426 g/mol. The maximum Gasteiger partial charge on any atom is 0.271 e. The van der Waals surface area contributed by atoms with Gasteiger partial charge in [-0.1, -0.05) is 37.3 Å². The van der Waals surface area contributed by atoms with Crippen molar-refractivity contribution in [2.75, 3.05) is 6.54 Å². The highest BCUT2D eigenvalue weighted by atomic mass is 16.3. The Balaban J connectivity index is 1.46. The molecule has 1 saturated carbocycles. The lowest BCUT2D eigenvalue weighted by Crippen LogP contribution is -2.65. The number of amides is 2. The molecule has 0 unspecified atom stereocenters. The van der Waals surface area contributed by atoms with Crippen LogP contribution in [0.2, 0.25) is 0 Å². The van der Waals surface area contributed by atoms with Crippen LogP contribution in [0.25, 0.3) is 11.5 Å². The van der Waals surface area contributed by atoms with Crippen molar-refractivity contribution in [1.82, 2.24) is 14.8 Å². The molecule has 2 aromatic heterocycles. The molecule has 178 valence electrons. The highest BCUT2D eigenvalue weighted by Gasteiger charge is 2.48. The van der Waals surface area contributed by atoms with E-state index in [1.54, 1.807) is 11.2 Å². The Hall–Kier alpha value is -3.28. The van der Waals surface area contributed by atoms with E-state index in [0.29, 0.717) is 36.9 Å². The van der Waals surface area contributed by atoms with Gasteiger partial charge in [-0.05, 0) is 74.8 Å². The topological polar surface area (TPSA) is 67.5 Å². The van der Waals surface area contributed by atoms with Gasteiger partial charge in [0.15, 0.2) is 0 Å². The summed E-state index contributed by atoms with van der Waals surface area (Å²) in [5, 5.41) is 3.31. The molecule has 1 aliphatic carbocycles.